The zero-order chi connectivity index (χ0) is 17.1. The number of rotatable bonds is 5. The van der Waals surface area contributed by atoms with Crippen LogP contribution in [0.1, 0.15) is 18.2 Å². The van der Waals surface area contributed by atoms with Crippen LogP contribution in [0.4, 0.5) is 4.39 Å². The maximum absolute atomic E-state index is 13.3. The second kappa shape index (κ2) is 7.15. The van der Waals surface area contributed by atoms with E-state index in [0.717, 1.165) is 10.5 Å². The number of likely N-dealkylation sites (N-methyl/N-ethyl adjacent to an activating group) is 1. The summed E-state index contributed by atoms with van der Waals surface area (Å²) in [5, 5.41) is 2.26. The molecule has 0 aliphatic heterocycles. The summed E-state index contributed by atoms with van der Waals surface area (Å²) in [4.78, 5) is 19.0. The summed E-state index contributed by atoms with van der Waals surface area (Å²) in [6.45, 7) is 2.76. The number of nitrogens with zero attached hydrogens (tertiary/aromatic N) is 3. The molecule has 0 aliphatic rings. The fourth-order valence-corrected chi connectivity index (χ4v) is 3.39. The first-order valence-electron chi connectivity index (χ1n) is 7.41. The summed E-state index contributed by atoms with van der Waals surface area (Å²) in [6, 6.07) is 6.25. The third kappa shape index (κ3) is 3.49. The number of carbonyl (C=O) groups excluding carboxylic acids is 1. The van der Waals surface area contributed by atoms with Crippen molar-refractivity contribution >= 4 is 39.9 Å². The first-order chi connectivity index (χ1) is 11.6. The van der Waals surface area contributed by atoms with Gasteiger partial charge in [0.1, 0.15) is 5.82 Å². The molecule has 7 heteroatoms. The lowest BCUT2D eigenvalue weighted by atomic mass is 10.2. The SMILES string of the molecule is CCN(Cc1cccc(F)c1)C(=O)/C=C/c1c(Cl)nc2sccn12. The molecule has 3 aromatic rings. The highest BCUT2D eigenvalue weighted by molar-refractivity contribution is 7.15. The van der Waals surface area contributed by atoms with Gasteiger partial charge >= 0.3 is 0 Å². The summed E-state index contributed by atoms with van der Waals surface area (Å²) in [7, 11) is 0. The molecule has 0 N–H and O–H groups in total. The minimum atomic E-state index is -0.308. The van der Waals surface area contributed by atoms with Crippen molar-refractivity contribution in [3.05, 3.63) is 64.1 Å². The van der Waals surface area contributed by atoms with E-state index >= 15 is 0 Å². The third-order valence-electron chi connectivity index (χ3n) is 3.59. The largest absolute Gasteiger partial charge is 0.335 e. The monoisotopic (exact) mass is 363 g/mol. The standard InChI is InChI=1S/C17H15ClFN3OS/c1-2-21(11-12-4-3-5-13(19)10-12)15(23)7-6-14-16(18)20-17-22(14)8-9-24-17/h3-10H,2,11H2,1H3/b7-6+. The van der Waals surface area contributed by atoms with Crippen molar-refractivity contribution in [2.24, 2.45) is 0 Å². The predicted octanol–water partition coefficient (Wildman–Crippen LogP) is 4.25. The molecule has 124 valence electrons. The van der Waals surface area contributed by atoms with Gasteiger partial charge in [-0.25, -0.2) is 9.37 Å². The topological polar surface area (TPSA) is 37.6 Å². The van der Waals surface area contributed by atoms with E-state index in [0.29, 0.717) is 23.9 Å². The molecule has 0 radical (unpaired) electrons. The molecule has 0 spiro atoms. The van der Waals surface area contributed by atoms with Gasteiger partial charge in [0.2, 0.25) is 5.91 Å². The Balaban J connectivity index is 1.77. The smallest absolute Gasteiger partial charge is 0.246 e. The molecule has 0 aliphatic carbocycles. The highest BCUT2D eigenvalue weighted by Crippen LogP contribution is 2.22. The molecule has 0 saturated heterocycles. The van der Waals surface area contributed by atoms with Crippen LogP contribution in [0.25, 0.3) is 11.0 Å². The van der Waals surface area contributed by atoms with E-state index in [1.54, 1.807) is 23.1 Å². The first kappa shape index (κ1) is 16.7. The number of amides is 1. The summed E-state index contributed by atoms with van der Waals surface area (Å²) in [6.07, 6.45) is 4.98. The Morgan fingerprint density at radius 3 is 3.08 bits per heavy atom. The molecule has 24 heavy (non-hydrogen) atoms. The van der Waals surface area contributed by atoms with Crippen molar-refractivity contribution < 1.29 is 9.18 Å². The Kier molecular flexibility index (Phi) is 4.97. The third-order valence-corrected chi connectivity index (χ3v) is 4.63. The molecule has 2 aromatic heterocycles. The Morgan fingerprint density at radius 2 is 2.33 bits per heavy atom. The van der Waals surface area contributed by atoms with E-state index in [1.807, 2.05) is 22.9 Å². The summed E-state index contributed by atoms with van der Waals surface area (Å²) < 4.78 is 15.1. The number of fused-ring (bicyclic) bond motifs is 1. The number of halogens is 2. The zero-order valence-corrected chi connectivity index (χ0v) is 14.5. The Labute approximate surface area is 147 Å². The van der Waals surface area contributed by atoms with Crippen LogP contribution in [0.5, 0.6) is 0 Å². The Morgan fingerprint density at radius 1 is 1.50 bits per heavy atom. The number of benzene rings is 1. The van der Waals surface area contributed by atoms with Gasteiger partial charge in [-0.3, -0.25) is 9.20 Å². The van der Waals surface area contributed by atoms with Gasteiger partial charge in [0.05, 0.1) is 5.69 Å². The lowest BCUT2D eigenvalue weighted by Crippen LogP contribution is -2.28. The molecule has 0 saturated carbocycles. The fraction of sp³-hybridized carbons (Fsp3) is 0.176. The van der Waals surface area contributed by atoms with Crippen LogP contribution in [0.3, 0.4) is 0 Å². The van der Waals surface area contributed by atoms with E-state index in [-0.39, 0.29) is 11.7 Å². The molecule has 3 rings (SSSR count). The van der Waals surface area contributed by atoms with Crippen LogP contribution in [0.15, 0.2) is 41.9 Å². The van der Waals surface area contributed by atoms with Gasteiger partial charge in [-0.1, -0.05) is 23.7 Å². The molecule has 1 aromatic carbocycles. The van der Waals surface area contributed by atoms with Crippen molar-refractivity contribution in [3.8, 4) is 0 Å². The van der Waals surface area contributed by atoms with E-state index in [4.69, 9.17) is 11.6 Å². The normalized spacial score (nSPS) is 11.5. The van der Waals surface area contributed by atoms with Crippen LogP contribution in [0, 0.1) is 5.82 Å². The van der Waals surface area contributed by atoms with Gasteiger partial charge in [-0.2, -0.15) is 0 Å². The molecule has 1 amide bonds. The fourth-order valence-electron chi connectivity index (χ4n) is 2.38. The van der Waals surface area contributed by atoms with Gasteiger partial charge in [-0.15, -0.1) is 11.3 Å². The Hall–Kier alpha value is -2.18. The summed E-state index contributed by atoms with van der Waals surface area (Å²) in [5.41, 5.74) is 1.42. The highest BCUT2D eigenvalue weighted by atomic mass is 35.5. The van der Waals surface area contributed by atoms with Crippen LogP contribution < -0.4 is 0 Å². The van der Waals surface area contributed by atoms with E-state index in [1.165, 1.54) is 29.5 Å². The van der Waals surface area contributed by atoms with Crippen molar-refractivity contribution in [1.82, 2.24) is 14.3 Å². The summed E-state index contributed by atoms with van der Waals surface area (Å²) in [5.74, 6) is -0.472. The van der Waals surface area contributed by atoms with E-state index < -0.39 is 0 Å². The quantitative estimate of drug-likeness (QED) is 0.635. The van der Waals surface area contributed by atoms with Crippen LogP contribution in [0.2, 0.25) is 5.15 Å². The minimum absolute atomic E-state index is 0.164. The lowest BCUT2D eigenvalue weighted by molar-refractivity contribution is -0.126. The van der Waals surface area contributed by atoms with Gasteiger partial charge in [0, 0.05) is 30.7 Å². The van der Waals surface area contributed by atoms with E-state index in [2.05, 4.69) is 4.98 Å². The highest BCUT2D eigenvalue weighted by Gasteiger charge is 2.12. The van der Waals surface area contributed by atoms with E-state index in [9.17, 15) is 9.18 Å². The second-order valence-corrected chi connectivity index (χ2v) is 6.39. The van der Waals surface area contributed by atoms with Crippen molar-refractivity contribution in [2.45, 2.75) is 13.5 Å². The number of thiazole rings is 1. The molecule has 4 nitrogen and oxygen atoms in total. The molecular weight excluding hydrogens is 349 g/mol. The zero-order valence-electron chi connectivity index (χ0n) is 12.9. The van der Waals surface area contributed by atoms with Crippen LogP contribution >= 0.6 is 22.9 Å². The predicted molar refractivity (Wildman–Crippen MR) is 94.6 cm³/mol. The molecule has 0 atom stereocenters. The van der Waals surface area contributed by atoms with Gasteiger partial charge in [0.15, 0.2) is 10.1 Å². The minimum Gasteiger partial charge on any atom is -0.335 e. The molecule has 0 unspecified atom stereocenters. The number of aromatic nitrogens is 2. The number of hydrogen-bond donors (Lipinski definition) is 0. The average Bonchev–Trinajstić information content (AvgIpc) is 3.11. The number of carbonyl (C=O) groups is 1. The van der Waals surface area contributed by atoms with Crippen molar-refractivity contribution in [3.63, 3.8) is 0 Å². The number of hydrogen-bond acceptors (Lipinski definition) is 3. The summed E-state index contributed by atoms with van der Waals surface area (Å²) >= 11 is 7.58. The average molecular weight is 364 g/mol. The maximum Gasteiger partial charge on any atom is 0.246 e. The lowest BCUT2D eigenvalue weighted by Gasteiger charge is -2.19. The molecule has 0 fully saturated rings. The maximum atomic E-state index is 13.3. The second-order valence-electron chi connectivity index (χ2n) is 5.16. The molecule has 2 heterocycles. The van der Waals surface area contributed by atoms with Gasteiger partial charge in [-0.05, 0) is 30.7 Å². The van der Waals surface area contributed by atoms with Crippen LogP contribution in [-0.2, 0) is 11.3 Å². The van der Waals surface area contributed by atoms with Crippen LogP contribution in [-0.4, -0.2) is 26.7 Å². The van der Waals surface area contributed by atoms with Crippen molar-refractivity contribution in [1.29, 1.82) is 0 Å². The molecule has 0 bridgehead atoms. The number of imidazole rings is 1. The molecular formula is C17H15ClFN3OS. The van der Waals surface area contributed by atoms with Crippen molar-refractivity contribution in [2.75, 3.05) is 6.54 Å². The first-order valence-corrected chi connectivity index (χ1v) is 8.66. The van der Waals surface area contributed by atoms with Gasteiger partial charge in [0.25, 0.3) is 0 Å². The Bertz CT molecular complexity index is 902. The van der Waals surface area contributed by atoms with Gasteiger partial charge < -0.3 is 4.90 Å².